The maximum Gasteiger partial charge on any atom is 0.238 e. The molecule has 0 amide bonds. The summed E-state index contributed by atoms with van der Waals surface area (Å²) in [5.74, 6) is 2.74. The number of rotatable bonds is 3. The lowest BCUT2D eigenvalue weighted by Gasteiger charge is -2.13. The lowest BCUT2D eigenvalue weighted by atomic mass is 9.91. The molecular weight excluding hydrogens is 701 g/mol. The molecule has 2 aliphatic rings. The van der Waals surface area contributed by atoms with Gasteiger partial charge >= 0.3 is 0 Å². The first-order valence-corrected chi connectivity index (χ1v) is 19.3. The topological polar surface area (TPSA) is 66.0 Å². The molecule has 13 rings (SSSR count). The lowest BCUT2D eigenvalue weighted by Crippen LogP contribution is -2.15. The first kappa shape index (κ1) is 30.7. The zero-order chi connectivity index (χ0) is 37.2. The molecule has 2 atom stereocenters. The van der Waals surface area contributed by atoms with Crippen molar-refractivity contribution in [2.45, 2.75) is 12.0 Å². The molecular formula is C51H30N4O2. The van der Waals surface area contributed by atoms with Crippen LogP contribution < -0.4 is 4.74 Å². The van der Waals surface area contributed by atoms with Gasteiger partial charge in [-0.25, -0.2) is 4.98 Å². The molecule has 0 saturated carbocycles. The van der Waals surface area contributed by atoms with Crippen molar-refractivity contribution in [2.75, 3.05) is 0 Å². The number of aromatic nitrogens is 4. The normalized spacial score (nSPS) is 16.1. The molecule has 11 aromatic rings. The molecule has 1 aliphatic carbocycles. The smallest absolute Gasteiger partial charge is 0.238 e. The van der Waals surface area contributed by atoms with Gasteiger partial charge in [0, 0.05) is 56.3 Å². The highest BCUT2D eigenvalue weighted by Crippen LogP contribution is 2.47. The predicted molar refractivity (Wildman–Crippen MR) is 230 cm³/mol. The van der Waals surface area contributed by atoms with Crippen LogP contribution in [0.4, 0.5) is 0 Å². The number of fused-ring (bicyclic) bond motifs is 15. The molecule has 0 saturated heterocycles. The molecule has 1 aliphatic heterocycles. The Morgan fingerprint density at radius 3 is 1.86 bits per heavy atom. The minimum Gasteiger partial charge on any atom is -0.485 e. The van der Waals surface area contributed by atoms with Crippen LogP contribution in [0.25, 0.3) is 105 Å². The summed E-state index contributed by atoms with van der Waals surface area (Å²) in [5.41, 5.74) is 6.58. The molecule has 8 aromatic carbocycles. The first-order chi connectivity index (χ1) is 28.2. The van der Waals surface area contributed by atoms with Crippen LogP contribution in [0.2, 0.25) is 0 Å². The molecule has 6 nitrogen and oxygen atoms in total. The number of ether oxygens (including phenoxy) is 1. The van der Waals surface area contributed by atoms with Crippen molar-refractivity contribution < 1.29 is 9.15 Å². The standard InChI is InChI=1S/C51H30N4O2/c1-2-12-29(13-3-1)49-52-50(30-22-23-35-33-16-5-4-14-31(33)32-15-6-7-17-34(32)38(35)24-30)54-51(53-49)55-43-27-47-41(36-18-8-10-20-45(36)56-47)25-39(43)40-26-42-37-19-9-11-21-46(37)57-48(42)28-44(40)55/h1-28,36,45H. The molecule has 2 unspecified atom stereocenters. The number of hydrogen-bond acceptors (Lipinski definition) is 5. The van der Waals surface area contributed by atoms with E-state index in [1.165, 1.54) is 32.5 Å². The summed E-state index contributed by atoms with van der Waals surface area (Å²) in [6, 6.07) is 51.2. The number of nitrogens with zero attached hydrogens (tertiary/aromatic N) is 4. The summed E-state index contributed by atoms with van der Waals surface area (Å²) in [5, 5.41) is 11.6. The fraction of sp³-hybridized carbons (Fsp3) is 0.0392. The van der Waals surface area contributed by atoms with E-state index in [-0.39, 0.29) is 12.0 Å². The Bertz CT molecular complexity index is 3540. The first-order valence-electron chi connectivity index (χ1n) is 19.3. The second kappa shape index (κ2) is 11.5. The van der Waals surface area contributed by atoms with Gasteiger partial charge in [-0.15, -0.1) is 0 Å². The van der Waals surface area contributed by atoms with Crippen molar-refractivity contribution in [3.05, 3.63) is 175 Å². The van der Waals surface area contributed by atoms with E-state index in [1.54, 1.807) is 0 Å². The number of benzene rings is 8. The Hall–Kier alpha value is -7.57. The highest BCUT2D eigenvalue weighted by Gasteiger charge is 2.34. The van der Waals surface area contributed by atoms with E-state index in [1.807, 2.05) is 30.3 Å². The average Bonchev–Trinajstić information content (AvgIpc) is 3.93. The molecule has 6 heteroatoms. The van der Waals surface area contributed by atoms with Crippen LogP contribution in [0, 0.1) is 0 Å². The van der Waals surface area contributed by atoms with Crippen LogP contribution in [-0.2, 0) is 0 Å². The molecule has 0 N–H and O–H groups in total. The van der Waals surface area contributed by atoms with E-state index >= 15 is 0 Å². The summed E-state index contributed by atoms with van der Waals surface area (Å²) in [7, 11) is 0. The summed E-state index contributed by atoms with van der Waals surface area (Å²) in [6.45, 7) is 0. The Kier molecular flexibility index (Phi) is 6.19. The molecule has 3 aromatic heterocycles. The zero-order valence-corrected chi connectivity index (χ0v) is 30.4. The second-order valence-corrected chi connectivity index (χ2v) is 15.1. The van der Waals surface area contributed by atoms with Crippen LogP contribution in [0.5, 0.6) is 5.75 Å². The SMILES string of the molecule is C1=CC2Oc3cc4c(cc3C2C=C1)c1cc2c(cc1n4-c1nc(-c3ccccc3)nc(-c3ccc4c5ccccc5c5ccccc5c4c3)n1)oc1ccccc12. The third kappa shape index (κ3) is 4.43. The van der Waals surface area contributed by atoms with Gasteiger partial charge in [0.1, 0.15) is 23.0 Å². The van der Waals surface area contributed by atoms with E-state index in [0.717, 1.165) is 66.0 Å². The largest absolute Gasteiger partial charge is 0.485 e. The van der Waals surface area contributed by atoms with Crippen molar-refractivity contribution in [1.82, 2.24) is 19.5 Å². The van der Waals surface area contributed by atoms with Gasteiger partial charge in [0.05, 0.1) is 11.0 Å². The molecule has 57 heavy (non-hydrogen) atoms. The van der Waals surface area contributed by atoms with Gasteiger partial charge in [-0.3, -0.25) is 4.57 Å². The van der Waals surface area contributed by atoms with Crippen LogP contribution in [0.3, 0.4) is 0 Å². The fourth-order valence-corrected chi connectivity index (χ4v) is 9.34. The van der Waals surface area contributed by atoms with Crippen molar-refractivity contribution in [3.63, 3.8) is 0 Å². The van der Waals surface area contributed by atoms with E-state index in [0.29, 0.717) is 17.6 Å². The third-order valence-corrected chi connectivity index (χ3v) is 12.0. The van der Waals surface area contributed by atoms with Gasteiger partial charge in [-0.05, 0) is 62.7 Å². The highest BCUT2D eigenvalue weighted by atomic mass is 16.5. The van der Waals surface area contributed by atoms with Crippen molar-refractivity contribution in [3.8, 4) is 34.5 Å². The van der Waals surface area contributed by atoms with Gasteiger partial charge < -0.3 is 9.15 Å². The maximum atomic E-state index is 6.60. The summed E-state index contributed by atoms with van der Waals surface area (Å²) in [4.78, 5) is 15.8. The molecule has 0 radical (unpaired) electrons. The van der Waals surface area contributed by atoms with Gasteiger partial charge in [0.2, 0.25) is 5.95 Å². The summed E-state index contributed by atoms with van der Waals surface area (Å²) >= 11 is 0. The van der Waals surface area contributed by atoms with Crippen molar-refractivity contribution in [1.29, 1.82) is 0 Å². The third-order valence-electron chi connectivity index (χ3n) is 12.0. The Labute approximate surface area is 325 Å². The van der Waals surface area contributed by atoms with E-state index in [9.17, 15) is 0 Å². The Balaban J connectivity index is 1.11. The molecule has 4 heterocycles. The molecule has 0 spiro atoms. The van der Waals surface area contributed by atoms with Crippen molar-refractivity contribution >= 4 is 76.1 Å². The lowest BCUT2D eigenvalue weighted by molar-refractivity contribution is 0.269. The highest BCUT2D eigenvalue weighted by molar-refractivity contribution is 6.25. The Morgan fingerprint density at radius 2 is 1.07 bits per heavy atom. The fourth-order valence-electron chi connectivity index (χ4n) is 9.34. The van der Waals surface area contributed by atoms with Crippen LogP contribution in [0.1, 0.15) is 11.5 Å². The molecule has 0 bridgehead atoms. The number of allylic oxidation sites excluding steroid dienone is 2. The number of para-hydroxylation sites is 1. The van der Waals surface area contributed by atoms with Gasteiger partial charge in [-0.2, -0.15) is 9.97 Å². The summed E-state index contributed by atoms with van der Waals surface area (Å²) in [6.07, 6.45) is 8.53. The summed E-state index contributed by atoms with van der Waals surface area (Å²) < 4.78 is 15.2. The van der Waals surface area contributed by atoms with Crippen LogP contribution >= 0.6 is 0 Å². The molecule has 0 fully saturated rings. The zero-order valence-electron chi connectivity index (χ0n) is 30.4. The van der Waals surface area contributed by atoms with Crippen LogP contribution in [-0.4, -0.2) is 25.6 Å². The van der Waals surface area contributed by atoms with E-state index in [4.69, 9.17) is 24.1 Å². The van der Waals surface area contributed by atoms with Gasteiger partial charge in [0.15, 0.2) is 11.6 Å². The maximum absolute atomic E-state index is 6.60. The van der Waals surface area contributed by atoms with E-state index < -0.39 is 0 Å². The van der Waals surface area contributed by atoms with E-state index in [2.05, 4.69) is 144 Å². The minimum atomic E-state index is -0.0321. The van der Waals surface area contributed by atoms with Crippen LogP contribution in [0.15, 0.2) is 174 Å². The average molecular weight is 731 g/mol. The second-order valence-electron chi connectivity index (χ2n) is 15.1. The quantitative estimate of drug-likeness (QED) is 0.169. The molecule has 266 valence electrons. The minimum absolute atomic E-state index is 0.0321. The number of furan rings is 1. The van der Waals surface area contributed by atoms with Gasteiger partial charge in [0.25, 0.3) is 0 Å². The number of hydrogen-bond donors (Lipinski definition) is 0. The monoisotopic (exact) mass is 730 g/mol. The Morgan fingerprint density at radius 1 is 0.439 bits per heavy atom. The predicted octanol–water partition coefficient (Wildman–Crippen LogP) is 12.6. The van der Waals surface area contributed by atoms with Gasteiger partial charge in [-0.1, -0.05) is 127 Å². The van der Waals surface area contributed by atoms with Crippen molar-refractivity contribution in [2.24, 2.45) is 0 Å².